The molecule has 0 radical (unpaired) electrons. The second-order valence-corrected chi connectivity index (χ2v) is 6.72. The molecule has 0 aliphatic carbocycles. The van der Waals surface area contributed by atoms with Crippen LogP contribution in [0.3, 0.4) is 0 Å². The van der Waals surface area contributed by atoms with E-state index in [1.54, 1.807) is 17.0 Å². The zero-order valence-electron chi connectivity index (χ0n) is 14.6. The lowest BCUT2D eigenvalue weighted by Crippen LogP contribution is -2.39. The number of carbonyl (C=O) groups is 1. The second-order valence-electron chi connectivity index (χ2n) is 6.72. The molecular formula is C21H18F2N2O2. The number of piperidine rings is 1. The van der Waals surface area contributed by atoms with Crippen molar-refractivity contribution in [1.29, 1.82) is 0 Å². The lowest BCUT2D eigenvalue weighted by Gasteiger charge is -2.31. The van der Waals surface area contributed by atoms with Crippen molar-refractivity contribution in [2.24, 2.45) is 0 Å². The Kier molecular flexibility index (Phi) is 4.71. The molecule has 1 unspecified atom stereocenters. The lowest BCUT2D eigenvalue weighted by atomic mass is 9.94. The molecule has 4 rings (SSSR count). The van der Waals surface area contributed by atoms with Crippen LogP contribution < -0.4 is 0 Å². The second kappa shape index (κ2) is 7.31. The number of carbonyl (C=O) groups excluding carboxylic acids is 1. The molecule has 0 bridgehead atoms. The molecule has 1 aliphatic heterocycles. The molecule has 0 saturated carbocycles. The number of hydrogen-bond acceptors (Lipinski definition) is 3. The van der Waals surface area contributed by atoms with E-state index in [4.69, 9.17) is 4.52 Å². The first-order valence-corrected chi connectivity index (χ1v) is 8.87. The standard InChI is InChI=1S/C21H18F2N2O2/c22-17-7-3-14(4-8-17)20-12-19(24-27-20)16-2-1-11-25(13-16)21(26)15-5-9-18(23)10-6-15/h3-10,12,16H,1-2,11,13H2. The van der Waals surface area contributed by atoms with Gasteiger partial charge in [0, 0.05) is 36.2 Å². The van der Waals surface area contributed by atoms with Crippen LogP contribution in [0.5, 0.6) is 0 Å². The minimum absolute atomic E-state index is 0.0705. The van der Waals surface area contributed by atoms with Gasteiger partial charge in [-0.2, -0.15) is 0 Å². The SMILES string of the molecule is O=C(c1ccc(F)cc1)N1CCCC(c2cc(-c3ccc(F)cc3)on2)C1. The van der Waals surface area contributed by atoms with Gasteiger partial charge in [-0.3, -0.25) is 4.79 Å². The number of nitrogens with zero attached hydrogens (tertiary/aromatic N) is 2. The third-order valence-electron chi connectivity index (χ3n) is 4.88. The van der Waals surface area contributed by atoms with Crippen LogP contribution in [0.25, 0.3) is 11.3 Å². The first-order chi connectivity index (χ1) is 13.1. The molecular weight excluding hydrogens is 350 g/mol. The average molecular weight is 368 g/mol. The van der Waals surface area contributed by atoms with E-state index >= 15 is 0 Å². The summed E-state index contributed by atoms with van der Waals surface area (Å²) in [5.41, 5.74) is 2.01. The highest BCUT2D eigenvalue weighted by atomic mass is 19.1. The fourth-order valence-corrected chi connectivity index (χ4v) is 3.41. The number of likely N-dealkylation sites (tertiary alicyclic amines) is 1. The fourth-order valence-electron chi connectivity index (χ4n) is 3.41. The van der Waals surface area contributed by atoms with E-state index in [0.29, 0.717) is 24.4 Å². The maximum absolute atomic E-state index is 13.1. The maximum atomic E-state index is 13.1. The molecule has 2 heterocycles. The van der Waals surface area contributed by atoms with Gasteiger partial charge in [-0.15, -0.1) is 0 Å². The first kappa shape index (κ1) is 17.4. The van der Waals surface area contributed by atoms with Gasteiger partial charge in [0.05, 0.1) is 5.69 Å². The zero-order chi connectivity index (χ0) is 18.8. The highest BCUT2D eigenvalue weighted by Gasteiger charge is 2.27. The predicted octanol–water partition coefficient (Wildman–Crippen LogP) is 4.64. The van der Waals surface area contributed by atoms with Crippen molar-refractivity contribution in [3.05, 3.63) is 77.5 Å². The molecule has 1 aromatic heterocycles. The highest BCUT2D eigenvalue weighted by Crippen LogP contribution is 2.30. The number of hydrogen-bond donors (Lipinski definition) is 0. The molecule has 1 fully saturated rings. The van der Waals surface area contributed by atoms with Crippen molar-refractivity contribution < 1.29 is 18.1 Å². The lowest BCUT2D eigenvalue weighted by molar-refractivity contribution is 0.0704. The van der Waals surface area contributed by atoms with Gasteiger partial charge in [-0.05, 0) is 61.4 Å². The van der Waals surface area contributed by atoms with E-state index in [-0.39, 0.29) is 23.5 Å². The number of rotatable bonds is 3. The van der Waals surface area contributed by atoms with Crippen molar-refractivity contribution in [2.75, 3.05) is 13.1 Å². The Morgan fingerprint density at radius 1 is 1.04 bits per heavy atom. The molecule has 138 valence electrons. The molecule has 4 nitrogen and oxygen atoms in total. The minimum atomic E-state index is -0.362. The van der Waals surface area contributed by atoms with Crippen LogP contribution in [0.1, 0.15) is 34.8 Å². The normalized spacial score (nSPS) is 17.1. The first-order valence-electron chi connectivity index (χ1n) is 8.87. The van der Waals surface area contributed by atoms with Gasteiger partial charge >= 0.3 is 0 Å². The van der Waals surface area contributed by atoms with E-state index < -0.39 is 0 Å². The third-order valence-corrected chi connectivity index (χ3v) is 4.88. The fraction of sp³-hybridized carbons (Fsp3) is 0.238. The molecule has 3 aromatic rings. The Labute approximate surface area is 155 Å². The maximum Gasteiger partial charge on any atom is 0.253 e. The predicted molar refractivity (Wildman–Crippen MR) is 96.2 cm³/mol. The highest BCUT2D eigenvalue weighted by molar-refractivity contribution is 5.94. The van der Waals surface area contributed by atoms with E-state index in [9.17, 15) is 13.6 Å². The monoisotopic (exact) mass is 368 g/mol. The zero-order valence-corrected chi connectivity index (χ0v) is 14.6. The van der Waals surface area contributed by atoms with Crippen LogP contribution in [0, 0.1) is 11.6 Å². The van der Waals surface area contributed by atoms with Gasteiger partial charge < -0.3 is 9.42 Å². The van der Waals surface area contributed by atoms with E-state index in [2.05, 4.69) is 5.16 Å². The van der Waals surface area contributed by atoms with Crippen LogP contribution in [-0.2, 0) is 0 Å². The molecule has 6 heteroatoms. The number of amides is 1. The Morgan fingerprint density at radius 2 is 1.70 bits per heavy atom. The van der Waals surface area contributed by atoms with E-state index in [1.807, 2.05) is 6.07 Å². The van der Waals surface area contributed by atoms with Gasteiger partial charge in [0.2, 0.25) is 0 Å². The minimum Gasteiger partial charge on any atom is -0.356 e. The van der Waals surface area contributed by atoms with Gasteiger partial charge in [0.1, 0.15) is 11.6 Å². The molecule has 27 heavy (non-hydrogen) atoms. The van der Waals surface area contributed by atoms with Crippen LogP contribution >= 0.6 is 0 Å². The average Bonchev–Trinajstić information content (AvgIpc) is 3.19. The summed E-state index contributed by atoms with van der Waals surface area (Å²) < 4.78 is 31.6. The summed E-state index contributed by atoms with van der Waals surface area (Å²) in [6.45, 7) is 1.20. The van der Waals surface area contributed by atoms with Crippen molar-refractivity contribution >= 4 is 5.91 Å². The van der Waals surface area contributed by atoms with Gasteiger partial charge in [0.25, 0.3) is 5.91 Å². The van der Waals surface area contributed by atoms with Crippen LogP contribution in [0.4, 0.5) is 8.78 Å². The Hall–Kier alpha value is -3.02. The Morgan fingerprint density at radius 3 is 2.41 bits per heavy atom. The summed E-state index contributed by atoms with van der Waals surface area (Å²) in [7, 11) is 0. The van der Waals surface area contributed by atoms with Gasteiger partial charge in [-0.1, -0.05) is 5.16 Å². The summed E-state index contributed by atoms with van der Waals surface area (Å²) in [6, 6.07) is 13.5. The number of benzene rings is 2. The molecule has 1 aliphatic rings. The number of halogens is 2. The van der Waals surface area contributed by atoms with E-state index in [1.165, 1.54) is 36.4 Å². The smallest absolute Gasteiger partial charge is 0.253 e. The molecule has 1 atom stereocenters. The Bertz CT molecular complexity index is 936. The van der Waals surface area contributed by atoms with Crippen molar-refractivity contribution in [1.82, 2.24) is 10.1 Å². The van der Waals surface area contributed by atoms with Crippen LogP contribution in [0.15, 0.2) is 59.1 Å². The van der Waals surface area contributed by atoms with Crippen molar-refractivity contribution in [3.63, 3.8) is 0 Å². The van der Waals surface area contributed by atoms with Gasteiger partial charge in [0.15, 0.2) is 5.76 Å². The van der Waals surface area contributed by atoms with Crippen LogP contribution in [0.2, 0.25) is 0 Å². The third kappa shape index (κ3) is 3.74. The van der Waals surface area contributed by atoms with Crippen LogP contribution in [-0.4, -0.2) is 29.1 Å². The summed E-state index contributed by atoms with van der Waals surface area (Å²) in [6.07, 6.45) is 1.76. The largest absolute Gasteiger partial charge is 0.356 e. The molecule has 0 spiro atoms. The topological polar surface area (TPSA) is 46.3 Å². The summed E-state index contributed by atoms with van der Waals surface area (Å²) in [5.74, 6) is -0.130. The molecule has 2 aromatic carbocycles. The van der Waals surface area contributed by atoms with E-state index in [0.717, 1.165) is 24.1 Å². The summed E-state index contributed by atoms with van der Waals surface area (Å²) in [4.78, 5) is 14.4. The molecule has 1 amide bonds. The molecule has 1 saturated heterocycles. The summed E-state index contributed by atoms with van der Waals surface area (Å²) in [5, 5.41) is 4.16. The Balaban J connectivity index is 1.49. The molecule has 0 N–H and O–H groups in total. The quantitative estimate of drug-likeness (QED) is 0.677. The van der Waals surface area contributed by atoms with Gasteiger partial charge in [-0.25, -0.2) is 8.78 Å². The number of aromatic nitrogens is 1. The van der Waals surface area contributed by atoms with Crippen molar-refractivity contribution in [3.8, 4) is 11.3 Å². The summed E-state index contributed by atoms with van der Waals surface area (Å²) >= 11 is 0. The van der Waals surface area contributed by atoms with Crippen molar-refractivity contribution in [2.45, 2.75) is 18.8 Å².